The summed E-state index contributed by atoms with van der Waals surface area (Å²) in [5, 5.41) is 2.99. The van der Waals surface area contributed by atoms with Gasteiger partial charge in [0, 0.05) is 16.3 Å². The van der Waals surface area contributed by atoms with Crippen LogP contribution in [0.3, 0.4) is 0 Å². The van der Waals surface area contributed by atoms with E-state index in [-0.39, 0.29) is 24.4 Å². The molecule has 3 rings (SSSR count). The largest absolute Gasteiger partial charge is 0.364 e. The summed E-state index contributed by atoms with van der Waals surface area (Å²) in [5.74, 6) is -0.0953. The first-order valence-corrected chi connectivity index (χ1v) is 8.56. The van der Waals surface area contributed by atoms with Gasteiger partial charge in [-0.05, 0) is 37.1 Å². The van der Waals surface area contributed by atoms with Crippen molar-refractivity contribution in [2.24, 2.45) is 5.73 Å². The Hall–Kier alpha value is -1.53. The lowest BCUT2D eigenvalue weighted by Gasteiger charge is -2.15. The number of carbonyl (C=O) groups is 1. The summed E-state index contributed by atoms with van der Waals surface area (Å²) in [7, 11) is 0. The third-order valence-electron chi connectivity index (χ3n) is 3.78. The predicted molar refractivity (Wildman–Crippen MR) is 99.8 cm³/mol. The summed E-state index contributed by atoms with van der Waals surface area (Å²) in [6.45, 7) is 0.463. The second-order valence-electron chi connectivity index (χ2n) is 5.46. The molecule has 0 unspecified atom stereocenters. The Morgan fingerprint density at radius 3 is 2.54 bits per heavy atom. The predicted octanol–water partition coefficient (Wildman–Crippen LogP) is 3.70. The highest BCUT2D eigenvalue weighted by molar-refractivity contribution is 7.99. The van der Waals surface area contributed by atoms with E-state index in [1.165, 1.54) is 0 Å². The molecule has 2 aromatic carbocycles. The summed E-state index contributed by atoms with van der Waals surface area (Å²) >= 11 is 1.63. The molecule has 1 saturated heterocycles. The molecule has 1 aliphatic heterocycles. The number of rotatable bonds is 5. The Morgan fingerprint density at radius 2 is 1.83 bits per heavy atom. The van der Waals surface area contributed by atoms with E-state index in [4.69, 9.17) is 10.5 Å². The minimum Gasteiger partial charge on any atom is -0.364 e. The lowest BCUT2D eigenvalue weighted by Crippen LogP contribution is -2.29. The molecule has 24 heavy (non-hydrogen) atoms. The van der Waals surface area contributed by atoms with Crippen molar-refractivity contribution < 1.29 is 9.53 Å². The van der Waals surface area contributed by atoms with E-state index in [0.717, 1.165) is 28.3 Å². The van der Waals surface area contributed by atoms with E-state index in [2.05, 4.69) is 17.4 Å². The van der Waals surface area contributed by atoms with Crippen molar-refractivity contribution in [3.8, 4) is 0 Å². The number of anilines is 1. The van der Waals surface area contributed by atoms with Crippen LogP contribution in [0.2, 0.25) is 0 Å². The van der Waals surface area contributed by atoms with Crippen molar-refractivity contribution in [2.45, 2.75) is 34.8 Å². The highest BCUT2D eigenvalue weighted by atomic mass is 35.5. The molecule has 3 N–H and O–H groups in total. The van der Waals surface area contributed by atoms with Crippen molar-refractivity contribution in [1.29, 1.82) is 0 Å². The zero-order valence-corrected chi connectivity index (χ0v) is 14.8. The first-order chi connectivity index (χ1) is 11.3. The van der Waals surface area contributed by atoms with Crippen LogP contribution in [-0.2, 0) is 9.53 Å². The summed E-state index contributed by atoms with van der Waals surface area (Å²) in [4.78, 5) is 14.5. The van der Waals surface area contributed by atoms with Crippen molar-refractivity contribution in [3.63, 3.8) is 0 Å². The Morgan fingerprint density at radius 1 is 1.12 bits per heavy atom. The number of carbonyl (C=O) groups excluding carboxylic acids is 1. The molecule has 0 spiro atoms. The van der Waals surface area contributed by atoms with E-state index < -0.39 is 6.10 Å². The zero-order chi connectivity index (χ0) is 16.1. The average molecular weight is 365 g/mol. The maximum atomic E-state index is 12.4. The second kappa shape index (κ2) is 9.08. The molecule has 1 aliphatic rings. The van der Waals surface area contributed by atoms with Crippen molar-refractivity contribution in [2.75, 3.05) is 11.9 Å². The number of benzene rings is 2. The van der Waals surface area contributed by atoms with Crippen LogP contribution in [0.4, 0.5) is 5.69 Å². The lowest BCUT2D eigenvalue weighted by atomic mass is 10.2. The summed E-state index contributed by atoms with van der Waals surface area (Å²) < 4.78 is 5.66. The van der Waals surface area contributed by atoms with E-state index in [1.807, 2.05) is 42.5 Å². The molecule has 6 heteroatoms. The number of ether oxygens (including phenoxy) is 1. The molecule has 1 amide bonds. The highest BCUT2D eigenvalue weighted by Gasteiger charge is 2.30. The second-order valence-corrected chi connectivity index (χ2v) is 6.58. The average Bonchev–Trinajstić information content (AvgIpc) is 3.07. The van der Waals surface area contributed by atoms with Gasteiger partial charge in [-0.3, -0.25) is 4.79 Å². The monoisotopic (exact) mass is 364 g/mol. The topological polar surface area (TPSA) is 64.4 Å². The number of hydrogen-bond donors (Lipinski definition) is 2. The van der Waals surface area contributed by atoms with Crippen molar-refractivity contribution in [3.05, 3.63) is 54.6 Å². The highest BCUT2D eigenvalue weighted by Crippen LogP contribution is 2.33. The first kappa shape index (κ1) is 18.8. The van der Waals surface area contributed by atoms with Gasteiger partial charge in [0.2, 0.25) is 0 Å². The number of nitrogens with two attached hydrogens (primary N) is 1. The fourth-order valence-electron chi connectivity index (χ4n) is 2.56. The standard InChI is InChI=1S/C18H20N2O2S.ClH/c19-12-13-10-11-16(22-13)18(21)20-15-8-4-5-9-17(15)23-14-6-2-1-3-7-14;/h1-9,13,16H,10-12,19H2,(H,20,21);1H/t13-,16+;/m1./s1. The molecule has 0 bridgehead atoms. The van der Waals surface area contributed by atoms with E-state index >= 15 is 0 Å². The summed E-state index contributed by atoms with van der Waals surface area (Å²) in [6, 6.07) is 17.9. The van der Waals surface area contributed by atoms with Gasteiger partial charge < -0.3 is 15.8 Å². The third kappa shape index (κ3) is 4.74. The van der Waals surface area contributed by atoms with Crippen molar-refractivity contribution >= 4 is 35.8 Å². The summed E-state index contributed by atoms with van der Waals surface area (Å²) in [6.07, 6.45) is 1.16. The van der Waals surface area contributed by atoms with Crippen LogP contribution in [-0.4, -0.2) is 24.7 Å². The molecular formula is C18H21ClN2O2S. The summed E-state index contributed by atoms with van der Waals surface area (Å²) in [5.41, 5.74) is 6.41. The minimum absolute atomic E-state index is 0. The quantitative estimate of drug-likeness (QED) is 0.849. The number of halogens is 1. The van der Waals surface area contributed by atoms with Gasteiger partial charge in [0.1, 0.15) is 6.10 Å². The molecule has 0 radical (unpaired) electrons. The van der Waals surface area contributed by atoms with Crippen LogP contribution in [0.1, 0.15) is 12.8 Å². The van der Waals surface area contributed by atoms with Gasteiger partial charge in [-0.1, -0.05) is 42.1 Å². The van der Waals surface area contributed by atoms with Crippen LogP contribution in [0, 0.1) is 0 Å². The lowest BCUT2D eigenvalue weighted by molar-refractivity contribution is -0.126. The van der Waals surface area contributed by atoms with Crippen molar-refractivity contribution in [1.82, 2.24) is 0 Å². The first-order valence-electron chi connectivity index (χ1n) is 7.74. The fourth-order valence-corrected chi connectivity index (χ4v) is 3.48. The molecule has 1 heterocycles. The van der Waals surface area contributed by atoms with Gasteiger partial charge in [0.25, 0.3) is 5.91 Å². The maximum absolute atomic E-state index is 12.4. The van der Waals surface area contributed by atoms with Gasteiger partial charge in [-0.25, -0.2) is 0 Å². The van der Waals surface area contributed by atoms with Gasteiger partial charge >= 0.3 is 0 Å². The van der Waals surface area contributed by atoms with Gasteiger partial charge in [-0.15, -0.1) is 12.4 Å². The molecule has 0 aliphatic carbocycles. The number of hydrogen-bond acceptors (Lipinski definition) is 4. The zero-order valence-electron chi connectivity index (χ0n) is 13.2. The third-order valence-corrected chi connectivity index (χ3v) is 4.86. The molecule has 0 aromatic heterocycles. The van der Waals surface area contributed by atoms with Crippen LogP contribution in [0.25, 0.3) is 0 Å². The number of nitrogens with one attached hydrogen (secondary N) is 1. The molecular weight excluding hydrogens is 344 g/mol. The van der Waals surface area contributed by atoms with E-state index in [1.54, 1.807) is 11.8 Å². The van der Waals surface area contributed by atoms with Gasteiger partial charge in [-0.2, -0.15) is 0 Å². The Bertz CT molecular complexity index is 669. The minimum atomic E-state index is -0.404. The van der Waals surface area contributed by atoms with E-state index in [0.29, 0.717) is 6.54 Å². The smallest absolute Gasteiger partial charge is 0.253 e. The van der Waals surface area contributed by atoms with Crippen LogP contribution >= 0.6 is 24.2 Å². The Labute approximate surface area is 152 Å². The van der Waals surface area contributed by atoms with Gasteiger partial charge in [0.05, 0.1) is 11.8 Å². The van der Waals surface area contributed by atoms with Crippen LogP contribution in [0.15, 0.2) is 64.4 Å². The molecule has 1 fully saturated rings. The maximum Gasteiger partial charge on any atom is 0.253 e. The molecule has 4 nitrogen and oxygen atoms in total. The fraction of sp³-hybridized carbons (Fsp3) is 0.278. The SMILES string of the molecule is Cl.NC[C@H]1CC[C@@H](C(=O)Nc2ccccc2Sc2ccccc2)O1. The Kier molecular flexibility index (Phi) is 7.12. The molecule has 2 atom stereocenters. The Balaban J connectivity index is 0.00000208. The van der Waals surface area contributed by atoms with Gasteiger partial charge in [0.15, 0.2) is 0 Å². The van der Waals surface area contributed by atoms with Crippen LogP contribution in [0.5, 0.6) is 0 Å². The molecule has 0 saturated carbocycles. The van der Waals surface area contributed by atoms with E-state index in [9.17, 15) is 4.79 Å². The number of para-hydroxylation sites is 1. The number of amides is 1. The van der Waals surface area contributed by atoms with Crippen LogP contribution < -0.4 is 11.1 Å². The molecule has 128 valence electrons. The molecule has 2 aromatic rings. The normalized spacial score (nSPS) is 19.5.